The van der Waals surface area contributed by atoms with E-state index >= 15 is 0 Å². The molecule has 0 unspecified atom stereocenters. The van der Waals surface area contributed by atoms with Crippen LogP contribution < -0.4 is 8.92 Å². The summed E-state index contributed by atoms with van der Waals surface area (Å²) in [7, 11) is 0. The molecule has 3 rings (SSSR count). The van der Waals surface area contributed by atoms with Gasteiger partial charge in [-0.2, -0.15) is 0 Å². The van der Waals surface area contributed by atoms with Crippen molar-refractivity contribution in [1.29, 1.82) is 0 Å². The molecule has 0 saturated heterocycles. The van der Waals surface area contributed by atoms with Gasteiger partial charge in [-0.3, -0.25) is 0 Å². The van der Waals surface area contributed by atoms with E-state index in [1.165, 1.54) is 8.92 Å². The van der Waals surface area contributed by atoms with Crippen LogP contribution in [0.4, 0.5) is 5.69 Å². The van der Waals surface area contributed by atoms with E-state index in [0.29, 0.717) is 12.2 Å². The molecule has 31 heavy (non-hydrogen) atoms. The zero-order valence-corrected chi connectivity index (χ0v) is 21.3. The monoisotopic (exact) mass is 543 g/mol. The van der Waals surface area contributed by atoms with Crippen LogP contribution in [0.1, 0.15) is 18.1 Å². The zero-order valence-electron chi connectivity index (χ0n) is 17.9. The van der Waals surface area contributed by atoms with Gasteiger partial charge in [-0.1, -0.05) is 0 Å². The van der Waals surface area contributed by atoms with E-state index in [0.717, 1.165) is 21.4 Å². The Morgan fingerprint density at radius 1 is 0.871 bits per heavy atom. The maximum absolute atomic E-state index is 13.0. The molecule has 3 nitrogen and oxygen atoms in total. The van der Waals surface area contributed by atoms with Crippen LogP contribution >= 0.6 is 0 Å². The van der Waals surface area contributed by atoms with E-state index in [1.54, 1.807) is 0 Å². The molecule has 5 heteroatoms. The van der Waals surface area contributed by atoms with Crippen molar-refractivity contribution in [2.24, 2.45) is 4.99 Å². The van der Waals surface area contributed by atoms with Gasteiger partial charge in [0.05, 0.1) is 0 Å². The van der Waals surface area contributed by atoms with E-state index in [1.807, 2.05) is 54.4 Å². The third-order valence-corrected chi connectivity index (χ3v) is 8.40. The topological polar surface area (TPSA) is 38.7 Å². The molecule has 3 aromatic rings. The Labute approximate surface area is 197 Å². The molecule has 0 spiro atoms. The molecule has 158 valence electrons. The third kappa shape index (κ3) is 6.78. The molecule has 0 bridgehead atoms. The Bertz CT molecular complexity index is 1060. The van der Waals surface area contributed by atoms with Gasteiger partial charge in [-0.25, -0.2) is 0 Å². The number of ether oxygens (including phenoxy) is 1. The molecule has 0 aliphatic carbocycles. The van der Waals surface area contributed by atoms with Gasteiger partial charge in [-0.15, -0.1) is 0 Å². The number of para-hydroxylation sites is 1. The molecule has 0 atom stereocenters. The fourth-order valence-electron chi connectivity index (χ4n) is 2.84. The summed E-state index contributed by atoms with van der Waals surface area (Å²) in [5.41, 5.74) is 3.70. The van der Waals surface area contributed by atoms with Crippen LogP contribution in [0.2, 0.25) is 0 Å². The van der Waals surface area contributed by atoms with Gasteiger partial charge in [0.15, 0.2) is 0 Å². The quantitative estimate of drug-likeness (QED) is 0.188. The fourth-order valence-corrected chi connectivity index (χ4v) is 6.75. The Balaban J connectivity index is 2.09. The summed E-state index contributed by atoms with van der Waals surface area (Å²) in [5.74, 6) is -0.303. The van der Waals surface area contributed by atoms with Gasteiger partial charge in [0.2, 0.25) is 0 Å². The minimum atomic E-state index is -0.303. The number of nitrogens with zero attached hydrogens (tertiary/aromatic N) is 1. The van der Waals surface area contributed by atoms with E-state index < -0.39 is 0 Å². The first-order chi connectivity index (χ1) is 15.1. The first-order valence-corrected chi connectivity index (χ1v) is 13.6. The second-order valence-electron chi connectivity index (χ2n) is 6.76. The molecule has 0 aliphatic rings. The summed E-state index contributed by atoms with van der Waals surface area (Å²) in [6, 6.07) is 26.6. The minimum absolute atomic E-state index is 0.00231. The second-order valence-corrected chi connectivity index (χ2v) is 11.0. The molecule has 0 amide bonds. The first kappa shape index (κ1) is 23.2. The predicted molar refractivity (Wildman–Crippen MR) is 131 cm³/mol. The summed E-state index contributed by atoms with van der Waals surface area (Å²) in [5, 5.41) is 0. The van der Waals surface area contributed by atoms with Crippen molar-refractivity contribution in [3.63, 3.8) is 0 Å². The number of rotatable bonds is 8. The fraction of sp³-hybridized carbons (Fsp3) is 0.154. The maximum atomic E-state index is 13.0. The van der Waals surface area contributed by atoms with Crippen LogP contribution in [-0.4, -0.2) is 47.1 Å². The van der Waals surface area contributed by atoms with Crippen LogP contribution in [0, 0.1) is 13.8 Å². The van der Waals surface area contributed by atoms with Crippen LogP contribution in [0.25, 0.3) is 0 Å². The van der Waals surface area contributed by atoms with Gasteiger partial charge in [0, 0.05) is 0 Å². The molecule has 0 radical (unpaired) electrons. The normalized spacial score (nSPS) is 12.0. The van der Waals surface area contributed by atoms with E-state index in [2.05, 4.69) is 50.2 Å². The van der Waals surface area contributed by atoms with Crippen LogP contribution in [0.5, 0.6) is 0 Å². The number of esters is 1. The molecule has 0 saturated carbocycles. The standard InChI is InChI=1S/C26H25NO2Se2/c1-4-29-26(28)23(18-30-21-14-7-5-8-15-21)25(31-22-16-9-6-10-17-22)27-24-19(2)12-11-13-20(24)3/h5-18H,4H2,1-3H3/b23-18+,27-25?. The van der Waals surface area contributed by atoms with Gasteiger partial charge < -0.3 is 0 Å². The molecular weight excluding hydrogens is 516 g/mol. The number of benzene rings is 3. The molecule has 3 aromatic carbocycles. The van der Waals surface area contributed by atoms with Gasteiger partial charge in [-0.05, 0) is 0 Å². The second kappa shape index (κ2) is 11.8. The molecule has 0 heterocycles. The van der Waals surface area contributed by atoms with E-state index in [4.69, 9.17) is 9.73 Å². The average molecular weight is 541 g/mol. The molecule has 0 aliphatic heterocycles. The molecular formula is C26H25NO2Se2. The van der Waals surface area contributed by atoms with Crippen molar-refractivity contribution in [3.8, 4) is 0 Å². The van der Waals surface area contributed by atoms with Crippen LogP contribution in [-0.2, 0) is 9.53 Å². The van der Waals surface area contributed by atoms with Crippen LogP contribution in [0.3, 0.4) is 0 Å². The van der Waals surface area contributed by atoms with Crippen molar-refractivity contribution in [2.45, 2.75) is 20.8 Å². The van der Waals surface area contributed by atoms with Gasteiger partial charge >= 0.3 is 198 Å². The summed E-state index contributed by atoms with van der Waals surface area (Å²) in [6.07, 6.45) is 0. The molecule has 0 fully saturated rings. The van der Waals surface area contributed by atoms with E-state index in [9.17, 15) is 4.79 Å². The van der Waals surface area contributed by atoms with Crippen molar-refractivity contribution < 1.29 is 9.53 Å². The van der Waals surface area contributed by atoms with Crippen LogP contribution in [0.15, 0.2) is 94.4 Å². The number of aryl methyl sites for hydroxylation is 2. The molecule has 0 aromatic heterocycles. The molecule has 0 N–H and O–H groups in total. The Morgan fingerprint density at radius 3 is 2.03 bits per heavy atom. The van der Waals surface area contributed by atoms with Gasteiger partial charge in [0.25, 0.3) is 0 Å². The Kier molecular flexibility index (Phi) is 8.87. The van der Waals surface area contributed by atoms with Crippen molar-refractivity contribution in [3.05, 3.63) is 101 Å². The summed E-state index contributed by atoms with van der Waals surface area (Å²) in [4.78, 5) is 20.1. The SMILES string of the molecule is CCOC(=O)/C(=C/[Se]c1ccccc1)C(=Nc1c(C)cccc1C)[Se]c1ccccc1. The predicted octanol–water partition coefficient (Wildman–Crippen LogP) is 3.84. The number of hydrogen-bond donors (Lipinski definition) is 0. The van der Waals surface area contributed by atoms with Crippen molar-refractivity contribution in [1.82, 2.24) is 0 Å². The number of aliphatic imine (C=N–C) groups is 1. The van der Waals surface area contributed by atoms with Crippen molar-refractivity contribution in [2.75, 3.05) is 6.61 Å². The van der Waals surface area contributed by atoms with E-state index in [-0.39, 0.29) is 35.9 Å². The summed E-state index contributed by atoms with van der Waals surface area (Å²) in [6.45, 7) is 6.29. The number of carbonyl (C=O) groups is 1. The number of carbonyl (C=O) groups excluding carboxylic acids is 1. The average Bonchev–Trinajstić information content (AvgIpc) is 2.78. The first-order valence-electron chi connectivity index (χ1n) is 10.1. The Morgan fingerprint density at radius 2 is 1.45 bits per heavy atom. The zero-order chi connectivity index (χ0) is 22.1. The van der Waals surface area contributed by atoms with Gasteiger partial charge in [0.1, 0.15) is 0 Å². The summed E-state index contributed by atoms with van der Waals surface area (Å²) >= 11 is -0.140. The number of hydrogen-bond acceptors (Lipinski definition) is 3. The summed E-state index contributed by atoms with van der Waals surface area (Å²) < 4.78 is 8.61. The Hall–Kier alpha value is -2.42. The van der Waals surface area contributed by atoms with Crippen molar-refractivity contribution >= 4 is 55.1 Å². The third-order valence-electron chi connectivity index (χ3n) is 4.39.